The van der Waals surface area contributed by atoms with E-state index in [0.717, 1.165) is 11.1 Å². The third kappa shape index (κ3) is 2.93. The van der Waals surface area contributed by atoms with E-state index < -0.39 is 5.97 Å². The number of carbonyl (C=O) groups excluding carboxylic acids is 1. The lowest BCUT2D eigenvalue weighted by atomic mass is 10.1. The highest BCUT2D eigenvalue weighted by molar-refractivity contribution is 5.85. The fourth-order valence-corrected chi connectivity index (χ4v) is 1.38. The number of carbonyl (C=O) groups is 1. The van der Waals surface area contributed by atoms with Crippen molar-refractivity contribution in [2.45, 2.75) is 0 Å². The molecule has 0 amide bonds. The lowest BCUT2D eigenvalue weighted by Gasteiger charge is -2.00. The van der Waals surface area contributed by atoms with E-state index in [4.69, 9.17) is 0 Å². The predicted molar refractivity (Wildman–Crippen MR) is 61.6 cm³/mol. The minimum absolute atomic E-state index is 0.411. The van der Waals surface area contributed by atoms with Crippen LogP contribution in [0.25, 0.3) is 11.1 Å². The molecule has 0 N–H and O–H groups in total. The van der Waals surface area contributed by atoms with Crippen molar-refractivity contribution < 1.29 is 9.90 Å². The first kappa shape index (κ1) is 10.9. The van der Waals surface area contributed by atoms with E-state index in [-0.39, 0.29) is 0 Å². The van der Waals surface area contributed by atoms with Gasteiger partial charge in [0, 0.05) is 11.8 Å². The van der Waals surface area contributed by atoms with Crippen LogP contribution >= 0.6 is 0 Å². The predicted octanol–water partition coefficient (Wildman–Crippen LogP) is 0.850. The van der Waals surface area contributed by atoms with Crippen molar-refractivity contribution in [1.82, 2.24) is 4.98 Å². The minimum atomic E-state index is -1.40. The van der Waals surface area contributed by atoms with Crippen LogP contribution in [0.2, 0.25) is 0 Å². The van der Waals surface area contributed by atoms with Gasteiger partial charge in [-0.1, -0.05) is 36.4 Å². The Morgan fingerprint density at radius 1 is 1.06 bits per heavy atom. The van der Waals surface area contributed by atoms with Crippen LogP contribution in [0.1, 0.15) is 5.69 Å². The van der Waals surface area contributed by atoms with Gasteiger partial charge in [0.2, 0.25) is 0 Å². The van der Waals surface area contributed by atoms with Crippen LogP contribution < -0.4 is 5.11 Å². The highest BCUT2D eigenvalue weighted by atomic mass is 16.4. The molecule has 2 aromatic rings. The van der Waals surface area contributed by atoms with Crippen molar-refractivity contribution in [3.8, 4) is 23.0 Å². The normalized spacial score (nSPS) is 9.18. The molecule has 1 heterocycles. The number of carboxylic acids is 1. The number of benzene rings is 1. The topological polar surface area (TPSA) is 53.0 Å². The van der Waals surface area contributed by atoms with E-state index in [2.05, 4.69) is 10.9 Å². The zero-order valence-corrected chi connectivity index (χ0v) is 8.88. The molecular formula is C14H8NO2-. The van der Waals surface area contributed by atoms with Crippen LogP contribution in [0.5, 0.6) is 0 Å². The molecule has 0 atom stereocenters. The van der Waals surface area contributed by atoms with Crippen LogP contribution in [-0.2, 0) is 4.79 Å². The molecule has 0 spiro atoms. The van der Waals surface area contributed by atoms with Gasteiger partial charge in [0.05, 0.1) is 0 Å². The first-order chi connectivity index (χ1) is 8.25. The molecule has 1 aromatic heterocycles. The van der Waals surface area contributed by atoms with Crippen molar-refractivity contribution >= 4 is 5.97 Å². The van der Waals surface area contributed by atoms with Crippen LogP contribution in [-0.4, -0.2) is 11.0 Å². The molecule has 0 saturated carbocycles. The quantitative estimate of drug-likeness (QED) is 0.672. The monoisotopic (exact) mass is 222 g/mol. The molecule has 0 unspecified atom stereocenters. The van der Waals surface area contributed by atoms with Crippen LogP contribution in [0.15, 0.2) is 48.7 Å². The summed E-state index contributed by atoms with van der Waals surface area (Å²) in [6.45, 7) is 0. The minimum Gasteiger partial charge on any atom is -0.537 e. The number of hydrogen-bond donors (Lipinski definition) is 0. The lowest BCUT2D eigenvalue weighted by Crippen LogP contribution is -2.19. The number of aromatic nitrogens is 1. The second-order valence-corrected chi connectivity index (χ2v) is 3.34. The van der Waals surface area contributed by atoms with Crippen LogP contribution in [0.3, 0.4) is 0 Å². The van der Waals surface area contributed by atoms with Gasteiger partial charge in [0.1, 0.15) is 11.7 Å². The molecular weight excluding hydrogens is 214 g/mol. The molecule has 0 bridgehead atoms. The van der Waals surface area contributed by atoms with Gasteiger partial charge < -0.3 is 9.90 Å². The summed E-state index contributed by atoms with van der Waals surface area (Å²) in [6, 6.07) is 13.3. The molecule has 1 aromatic carbocycles. The maximum Gasteiger partial charge on any atom is 0.116 e. The van der Waals surface area contributed by atoms with E-state index >= 15 is 0 Å². The summed E-state index contributed by atoms with van der Waals surface area (Å²) in [7, 11) is 0. The summed E-state index contributed by atoms with van der Waals surface area (Å²) in [5.74, 6) is 2.91. The Hall–Kier alpha value is -2.60. The highest BCUT2D eigenvalue weighted by Crippen LogP contribution is 2.17. The molecule has 0 aliphatic rings. The smallest absolute Gasteiger partial charge is 0.116 e. The third-order valence-electron chi connectivity index (χ3n) is 2.16. The number of carboxylic acid groups (broad SMARTS) is 1. The van der Waals surface area contributed by atoms with Gasteiger partial charge in [-0.25, -0.2) is 4.98 Å². The summed E-state index contributed by atoms with van der Waals surface area (Å²) in [4.78, 5) is 14.2. The van der Waals surface area contributed by atoms with E-state index in [0.29, 0.717) is 5.69 Å². The van der Waals surface area contributed by atoms with E-state index in [9.17, 15) is 9.90 Å². The summed E-state index contributed by atoms with van der Waals surface area (Å²) < 4.78 is 0. The van der Waals surface area contributed by atoms with E-state index in [1.165, 1.54) is 0 Å². The zero-order valence-electron chi connectivity index (χ0n) is 8.88. The largest absolute Gasteiger partial charge is 0.537 e. The highest BCUT2D eigenvalue weighted by Gasteiger charge is 1.96. The van der Waals surface area contributed by atoms with E-state index in [1.807, 2.05) is 42.3 Å². The van der Waals surface area contributed by atoms with Gasteiger partial charge in [-0.3, -0.25) is 0 Å². The first-order valence-corrected chi connectivity index (χ1v) is 5.00. The third-order valence-corrected chi connectivity index (χ3v) is 2.16. The lowest BCUT2D eigenvalue weighted by molar-refractivity contribution is -0.295. The Morgan fingerprint density at radius 3 is 2.41 bits per heavy atom. The summed E-state index contributed by atoms with van der Waals surface area (Å²) in [5.41, 5.74) is 2.43. The van der Waals surface area contributed by atoms with E-state index in [1.54, 1.807) is 12.3 Å². The number of rotatable bonds is 1. The van der Waals surface area contributed by atoms with Crippen LogP contribution in [0, 0.1) is 11.8 Å². The Balaban J connectivity index is 2.26. The van der Waals surface area contributed by atoms with Crippen LogP contribution in [0.4, 0.5) is 0 Å². The molecule has 0 saturated heterocycles. The fourth-order valence-electron chi connectivity index (χ4n) is 1.38. The summed E-state index contributed by atoms with van der Waals surface area (Å²) in [6.07, 6.45) is 1.66. The SMILES string of the molecule is O=C([O-])C#Cc1ccc(-c2ccccc2)cn1. The average molecular weight is 222 g/mol. The number of aliphatic carboxylic acids is 1. The molecule has 0 radical (unpaired) electrons. The average Bonchev–Trinajstić information content (AvgIpc) is 2.38. The van der Waals surface area contributed by atoms with Gasteiger partial charge in [0.15, 0.2) is 0 Å². The molecule has 0 aliphatic heterocycles. The molecule has 0 fully saturated rings. The van der Waals surface area contributed by atoms with Crippen molar-refractivity contribution in [3.63, 3.8) is 0 Å². The number of pyridine rings is 1. The Morgan fingerprint density at radius 2 is 1.82 bits per heavy atom. The number of hydrogen-bond acceptors (Lipinski definition) is 3. The number of nitrogens with zero attached hydrogens (tertiary/aromatic N) is 1. The van der Waals surface area contributed by atoms with Crippen molar-refractivity contribution in [3.05, 3.63) is 54.4 Å². The van der Waals surface area contributed by atoms with Crippen molar-refractivity contribution in [1.29, 1.82) is 0 Å². The van der Waals surface area contributed by atoms with Crippen molar-refractivity contribution in [2.24, 2.45) is 0 Å². The van der Waals surface area contributed by atoms with Gasteiger partial charge in [-0.05, 0) is 23.5 Å². The van der Waals surface area contributed by atoms with Gasteiger partial charge in [-0.15, -0.1) is 0 Å². The maximum absolute atomic E-state index is 10.1. The van der Waals surface area contributed by atoms with Gasteiger partial charge in [-0.2, -0.15) is 0 Å². The van der Waals surface area contributed by atoms with Crippen molar-refractivity contribution in [2.75, 3.05) is 0 Å². The summed E-state index contributed by atoms with van der Waals surface area (Å²) in [5, 5.41) is 10.1. The Bertz CT molecular complexity index is 577. The van der Waals surface area contributed by atoms with Gasteiger partial charge >= 0.3 is 0 Å². The molecule has 17 heavy (non-hydrogen) atoms. The second-order valence-electron chi connectivity index (χ2n) is 3.34. The molecule has 0 aliphatic carbocycles. The molecule has 2 rings (SSSR count). The fraction of sp³-hybridized carbons (Fsp3) is 0. The standard InChI is InChI=1S/C14H9NO2/c16-14(17)9-8-13-7-6-12(10-15-13)11-4-2-1-3-5-11/h1-7,10H,(H,16,17)/p-1. The molecule has 3 nitrogen and oxygen atoms in total. The Labute approximate surface area is 98.8 Å². The molecule has 3 heteroatoms. The Kier molecular flexibility index (Phi) is 3.18. The molecule has 82 valence electrons. The first-order valence-electron chi connectivity index (χ1n) is 5.00. The zero-order chi connectivity index (χ0) is 12.1. The maximum atomic E-state index is 10.1. The second kappa shape index (κ2) is 4.95. The van der Waals surface area contributed by atoms with Gasteiger partial charge in [0.25, 0.3) is 0 Å². The summed E-state index contributed by atoms with van der Waals surface area (Å²) >= 11 is 0.